The SMILES string of the molecule is CNC(=O)C1CCN(C(=O)C2(c3ccc(Cl)cc3)CC2)CC1. The molecule has 1 saturated heterocycles. The van der Waals surface area contributed by atoms with Crippen LogP contribution in [0.1, 0.15) is 31.2 Å². The third-order valence-corrected chi connectivity index (χ3v) is 5.21. The van der Waals surface area contributed by atoms with Gasteiger partial charge in [0.15, 0.2) is 0 Å². The normalized spacial score (nSPS) is 20.5. The maximum Gasteiger partial charge on any atom is 0.233 e. The van der Waals surface area contributed by atoms with E-state index in [0.29, 0.717) is 18.1 Å². The van der Waals surface area contributed by atoms with Gasteiger partial charge >= 0.3 is 0 Å². The minimum absolute atomic E-state index is 0.0414. The topological polar surface area (TPSA) is 49.4 Å². The summed E-state index contributed by atoms with van der Waals surface area (Å²) in [5, 5.41) is 3.39. The largest absolute Gasteiger partial charge is 0.359 e. The molecule has 0 radical (unpaired) electrons. The fraction of sp³-hybridized carbons (Fsp3) is 0.529. The van der Waals surface area contributed by atoms with Crippen molar-refractivity contribution in [2.24, 2.45) is 5.92 Å². The average Bonchev–Trinajstić information content (AvgIpc) is 3.36. The van der Waals surface area contributed by atoms with E-state index in [4.69, 9.17) is 11.6 Å². The zero-order chi connectivity index (χ0) is 15.7. The molecule has 1 saturated carbocycles. The maximum atomic E-state index is 12.9. The standard InChI is InChI=1S/C17H21ClN2O2/c1-19-15(21)12-6-10-20(11-7-12)16(22)17(8-9-17)13-2-4-14(18)5-3-13/h2-5,12H,6-11H2,1H3,(H,19,21). The van der Waals surface area contributed by atoms with Crippen molar-refractivity contribution in [2.75, 3.05) is 20.1 Å². The molecule has 2 aliphatic rings. The number of nitrogens with zero attached hydrogens (tertiary/aromatic N) is 1. The van der Waals surface area contributed by atoms with Crippen molar-refractivity contribution in [3.05, 3.63) is 34.9 Å². The Morgan fingerprint density at radius 2 is 1.77 bits per heavy atom. The van der Waals surface area contributed by atoms with Crippen LogP contribution in [-0.2, 0) is 15.0 Å². The molecule has 0 bridgehead atoms. The van der Waals surface area contributed by atoms with Gasteiger partial charge in [-0.2, -0.15) is 0 Å². The fourth-order valence-electron chi connectivity index (χ4n) is 3.37. The highest BCUT2D eigenvalue weighted by atomic mass is 35.5. The lowest BCUT2D eigenvalue weighted by molar-refractivity contribution is -0.137. The molecule has 2 fully saturated rings. The van der Waals surface area contributed by atoms with Gasteiger partial charge in [-0.1, -0.05) is 23.7 Å². The molecule has 0 spiro atoms. The van der Waals surface area contributed by atoms with Crippen LogP contribution < -0.4 is 5.32 Å². The monoisotopic (exact) mass is 320 g/mol. The molecule has 0 atom stereocenters. The lowest BCUT2D eigenvalue weighted by Crippen LogP contribution is -2.46. The van der Waals surface area contributed by atoms with Gasteiger partial charge in [-0.3, -0.25) is 9.59 Å². The number of hydrogen-bond acceptors (Lipinski definition) is 2. The Morgan fingerprint density at radius 1 is 1.18 bits per heavy atom. The van der Waals surface area contributed by atoms with Crippen LogP contribution in [0.2, 0.25) is 5.02 Å². The van der Waals surface area contributed by atoms with Gasteiger partial charge in [0.1, 0.15) is 0 Å². The van der Waals surface area contributed by atoms with E-state index in [2.05, 4.69) is 5.32 Å². The molecule has 1 aromatic carbocycles. The number of amides is 2. The first-order chi connectivity index (χ1) is 10.6. The van der Waals surface area contributed by atoms with Crippen molar-refractivity contribution in [3.63, 3.8) is 0 Å². The van der Waals surface area contributed by atoms with Gasteiger partial charge in [0.2, 0.25) is 11.8 Å². The molecule has 1 aromatic rings. The van der Waals surface area contributed by atoms with Crippen molar-refractivity contribution in [2.45, 2.75) is 31.1 Å². The molecule has 1 aliphatic carbocycles. The summed E-state index contributed by atoms with van der Waals surface area (Å²) in [5.74, 6) is 0.343. The van der Waals surface area contributed by atoms with Gasteiger partial charge in [-0.25, -0.2) is 0 Å². The maximum absolute atomic E-state index is 12.9. The van der Waals surface area contributed by atoms with Crippen LogP contribution in [0.25, 0.3) is 0 Å². The first-order valence-corrected chi connectivity index (χ1v) is 8.21. The van der Waals surface area contributed by atoms with E-state index in [0.717, 1.165) is 31.2 Å². The second-order valence-corrected chi connectivity index (χ2v) is 6.71. The quantitative estimate of drug-likeness (QED) is 0.929. The Bertz CT molecular complexity index is 573. The minimum Gasteiger partial charge on any atom is -0.359 e. The number of nitrogens with one attached hydrogen (secondary N) is 1. The molecule has 5 heteroatoms. The molecule has 22 heavy (non-hydrogen) atoms. The van der Waals surface area contributed by atoms with Crippen molar-refractivity contribution in [3.8, 4) is 0 Å². The zero-order valence-corrected chi connectivity index (χ0v) is 13.5. The van der Waals surface area contributed by atoms with E-state index < -0.39 is 0 Å². The lowest BCUT2D eigenvalue weighted by Gasteiger charge is -2.34. The van der Waals surface area contributed by atoms with Crippen LogP contribution in [0.3, 0.4) is 0 Å². The molecule has 1 aliphatic heterocycles. The Hall–Kier alpha value is -1.55. The van der Waals surface area contributed by atoms with Gasteiger partial charge < -0.3 is 10.2 Å². The summed E-state index contributed by atoms with van der Waals surface area (Å²) in [6.07, 6.45) is 3.32. The van der Waals surface area contributed by atoms with E-state index in [1.54, 1.807) is 7.05 Å². The van der Waals surface area contributed by atoms with E-state index in [9.17, 15) is 9.59 Å². The number of carbonyl (C=O) groups is 2. The molecular weight excluding hydrogens is 300 g/mol. The number of carbonyl (C=O) groups excluding carboxylic acids is 2. The second kappa shape index (κ2) is 5.92. The smallest absolute Gasteiger partial charge is 0.233 e. The van der Waals surface area contributed by atoms with Crippen LogP contribution in [0.4, 0.5) is 0 Å². The van der Waals surface area contributed by atoms with Crippen molar-refractivity contribution in [1.82, 2.24) is 10.2 Å². The fourth-order valence-corrected chi connectivity index (χ4v) is 3.50. The first kappa shape index (κ1) is 15.3. The third kappa shape index (κ3) is 2.72. The highest BCUT2D eigenvalue weighted by molar-refractivity contribution is 6.30. The van der Waals surface area contributed by atoms with Crippen LogP contribution >= 0.6 is 11.6 Å². The number of piperidine rings is 1. The number of rotatable bonds is 3. The molecule has 3 rings (SSSR count). The predicted molar refractivity (Wildman–Crippen MR) is 85.7 cm³/mol. The Balaban J connectivity index is 1.67. The van der Waals surface area contributed by atoms with Gasteiger partial charge in [0.25, 0.3) is 0 Å². The predicted octanol–water partition coefficient (Wildman–Crippen LogP) is 2.36. The molecule has 2 amide bonds. The lowest BCUT2D eigenvalue weighted by atomic mass is 9.91. The van der Waals surface area contributed by atoms with E-state index >= 15 is 0 Å². The Kier molecular flexibility index (Phi) is 4.13. The van der Waals surface area contributed by atoms with Gasteiger partial charge in [0.05, 0.1) is 5.41 Å². The highest BCUT2D eigenvalue weighted by Crippen LogP contribution is 2.50. The molecule has 1 heterocycles. The molecular formula is C17H21ClN2O2. The van der Waals surface area contributed by atoms with Crippen LogP contribution in [0.5, 0.6) is 0 Å². The molecule has 0 unspecified atom stereocenters. The summed E-state index contributed by atoms with van der Waals surface area (Å²) in [4.78, 5) is 26.5. The van der Waals surface area contributed by atoms with Gasteiger partial charge in [-0.05, 0) is 43.4 Å². The van der Waals surface area contributed by atoms with Gasteiger partial charge in [-0.15, -0.1) is 0 Å². The second-order valence-electron chi connectivity index (χ2n) is 6.27. The van der Waals surface area contributed by atoms with Crippen molar-refractivity contribution in [1.29, 1.82) is 0 Å². The van der Waals surface area contributed by atoms with Crippen LogP contribution in [0.15, 0.2) is 24.3 Å². The summed E-state index contributed by atoms with van der Waals surface area (Å²) in [5.41, 5.74) is 0.722. The summed E-state index contributed by atoms with van der Waals surface area (Å²) in [6, 6.07) is 7.62. The Morgan fingerprint density at radius 3 is 2.27 bits per heavy atom. The summed E-state index contributed by atoms with van der Waals surface area (Å²) < 4.78 is 0. The molecule has 118 valence electrons. The van der Waals surface area contributed by atoms with Crippen LogP contribution in [-0.4, -0.2) is 36.9 Å². The van der Waals surface area contributed by atoms with Crippen LogP contribution in [0, 0.1) is 5.92 Å². The summed E-state index contributed by atoms with van der Waals surface area (Å²) in [6.45, 7) is 1.35. The average molecular weight is 321 g/mol. The van der Waals surface area contributed by atoms with E-state index in [1.807, 2.05) is 29.2 Å². The summed E-state index contributed by atoms with van der Waals surface area (Å²) in [7, 11) is 1.67. The van der Waals surface area contributed by atoms with Crippen molar-refractivity contribution >= 4 is 23.4 Å². The van der Waals surface area contributed by atoms with Gasteiger partial charge in [0, 0.05) is 31.1 Å². The molecule has 4 nitrogen and oxygen atoms in total. The molecule has 1 N–H and O–H groups in total. The number of hydrogen-bond donors (Lipinski definition) is 1. The minimum atomic E-state index is -0.343. The Labute approximate surface area is 135 Å². The third-order valence-electron chi connectivity index (χ3n) is 4.96. The number of halogens is 1. The van der Waals surface area contributed by atoms with Crippen molar-refractivity contribution < 1.29 is 9.59 Å². The summed E-state index contributed by atoms with van der Waals surface area (Å²) >= 11 is 5.94. The first-order valence-electron chi connectivity index (χ1n) is 7.84. The number of likely N-dealkylation sites (tertiary alicyclic amines) is 1. The zero-order valence-electron chi connectivity index (χ0n) is 12.8. The molecule has 0 aromatic heterocycles. The highest BCUT2D eigenvalue weighted by Gasteiger charge is 2.53. The van der Waals surface area contributed by atoms with E-state index in [-0.39, 0.29) is 23.1 Å². The van der Waals surface area contributed by atoms with E-state index in [1.165, 1.54) is 0 Å². The number of benzene rings is 1.